The van der Waals surface area contributed by atoms with Crippen molar-refractivity contribution in [3.8, 4) is 0 Å². The van der Waals surface area contributed by atoms with E-state index < -0.39 is 0 Å². The van der Waals surface area contributed by atoms with Gasteiger partial charge in [0.2, 0.25) is 6.71 Å². The SMILES string of the molecule is C=C/C=C\C(=C)C(=C)/C=C(/N/C(C=C)=C/C=C/CC)C1=CN(C2=CCC(C(C)(C)C)C=C2C)C(/C=C(\C(=C)C(C)(C)CC)C(C)C)=CB1c1coc2c1C(C)(C)CCC2(C)C. The van der Waals surface area contributed by atoms with Gasteiger partial charge in [0.05, 0.1) is 6.26 Å². The largest absolute Gasteiger partial charge is 0.469 e. The lowest BCUT2D eigenvalue weighted by Gasteiger charge is -2.40. The third-order valence-electron chi connectivity index (χ3n) is 13.4. The Morgan fingerprint density at radius 3 is 2.25 bits per heavy atom. The normalized spacial score (nSPS) is 20.0. The molecular formula is C57H79BN2O. The maximum atomic E-state index is 6.76. The Labute approximate surface area is 373 Å². The van der Waals surface area contributed by atoms with E-state index in [1.807, 2.05) is 18.2 Å². The van der Waals surface area contributed by atoms with E-state index in [0.717, 1.165) is 71.6 Å². The van der Waals surface area contributed by atoms with Gasteiger partial charge in [0.1, 0.15) is 5.76 Å². The number of hydrogen-bond acceptors (Lipinski definition) is 3. The van der Waals surface area contributed by atoms with Crippen LogP contribution in [-0.4, -0.2) is 11.6 Å². The summed E-state index contributed by atoms with van der Waals surface area (Å²) in [7, 11) is 0. The van der Waals surface area contributed by atoms with Gasteiger partial charge in [0.15, 0.2) is 0 Å². The summed E-state index contributed by atoms with van der Waals surface area (Å²) in [5, 5.41) is 3.85. The van der Waals surface area contributed by atoms with Crippen LogP contribution in [0.2, 0.25) is 0 Å². The molecule has 1 aliphatic heterocycles. The molecule has 4 heteroatoms. The smallest absolute Gasteiger partial charge is 0.245 e. The molecule has 4 rings (SSSR count). The van der Waals surface area contributed by atoms with Crippen LogP contribution >= 0.6 is 0 Å². The summed E-state index contributed by atoms with van der Waals surface area (Å²) >= 11 is 0. The van der Waals surface area contributed by atoms with Gasteiger partial charge in [-0.1, -0.05) is 171 Å². The first-order valence-electron chi connectivity index (χ1n) is 22.7. The molecule has 0 saturated heterocycles. The standard InChI is InChI=1S/C57H79BN2O/c1-20-24-26-28-45(22-3)59-50(34-41(8)40(7)27-25-21-2)48-37-60(51-30-29-44(33-42(51)9)54(11,12)13)46(35-47(39(5)6)43(10)55(14,15)23-4)36-58(48)49-38-61-53-52(49)56(16,17)31-32-57(53,18)19/h21-22,24-28,30,33-39,44,59H,2-3,7-8,10,20,23,29,31-32H2,1,4-6,9,11-19H3/b26-24+,27-25-,45-28+,47-35-,50-34+. The zero-order valence-corrected chi connectivity index (χ0v) is 40.7. The van der Waals surface area contributed by atoms with Crippen molar-refractivity contribution in [1.29, 1.82) is 0 Å². The molecule has 0 radical (unpaired) electrons. The Kier molecular flexibility index (Phi) is 15.7. The van der Waals surface area contributed by atoms with E-state index in [9.17, 15) is 0 Å². The van der Waals surface area contributed by atoms with Crippen LogP contribution < -0.4 is 10.8 Å². The lowest BCUT2D eigenvalue weighted by atomic mass is 9.37. The van der Waals surface area contributed by atoms with Crippen LogP contribution in [0.1, 0.15) is 140 Å². The van der Waals surface area contributed by atoms with Crippen molar-refractivity contribution in [2.45, 2.75) is 140 Å². The van der Waals surface area contributed by atoms with Gasteiger partial charge < -0.3 is 14.6 Å². The molecule has 2 heterocycles. The Hall–Kier alpha value is -4.70. The molecular weight excluding hydrogens is 739 g/mol. The van der Waals surface area contributed by atoms with E-state index in [1.165, 1.54) is 33.4 Å². The summed E-state index contributed by atoms with van der Waals surface area (Å²) in [4.78, 5) is 2.44. The Bertz CT molecular complexity index is 2160. The van der Waals surface area contributed by atoms with Crippen LogP contribution in [0.4, 0.5) is 0 Å². The fraction of sp³-hybridized carbons (Fsp3) is 0.439. The van der Waals surface area contributed by atoms with Gasteiger partial charge in [-0.15, -0.1) is 0 Å². The second kappa shape index (κ2) is 19.6. The molecule has 61 heavy (non-hydrogen) atoms. The minimum absolute atomic E-state index is 0.0576. The van der Waals surface area contributed by atoms with Crippen LogP contribution in [0.3, 0.4) is 0 Å². The molecule has 3 aliphatic rings. The van der Waals surface area contributed by atoms with Crippen LogP contribution in [-0.2, 0) is 10.8 Å². The fourth-order valence-electron chi connectivity index (χ4n) is 8.60. The maximum Gasteiger partial charge on any atom is 0.245 e. The predicted molar refractivity (Wildman–Crippen MR) is 269 cm³/mol. The third kappa shape index (κ3) is 11.2. The van der Waals surface area contributed by atoms with Crippen molar-refractivity contribution in [1.82, 2.24) is 10.2 Å². The minimum atomic E-state index is -0.180. The van der Waals surface area contributed by atoms with Crippen LogP contribution in [0.5, 0.6) is 0 Å². The number of allylic oxidation sites excluding steroid dienone is 17. The highest BCUT2D eigenvalue weighted by Crippen LogP contribution is 2.47. The van der Waals surface area contributed by atoms with Crippen LogP contribution in [0.25, 0.3) is 0 Å². The Balaban J connectivity index is 2.20. The molecule has 0 saturated carbocycles. The van der Waals surface area contributed by atoms with Crippen molar-refractivity contribution < 1.29 is 4.42 Å². The van der Waals surface area contributed by atoms with E-state index in [2.05, 4.69) is 194 Å². The van der Waals surface area contributed by atoms with Gasteiger partial charge in [-0.3, -0.25) is 0 Å². The van der Waals surface area contributed by atoms with Gasteiger partial charge in [0.25, 0.3) is 0 Å². The van der Waals surface area contributed by atoms with Crippen molar-refractivity contribution in [2.24, 2.45) is 22.7 Å². The van der Waals surface area contributed by atoms with E-state index in [4.69, 9.17) is 11.0 Å². The third-order valence-corrected chi connectivity index (χ3v) is 13.4. The first-order chi connectivity index (χ1) is 28.4. The van der Waals surface area contributed by atoms with E-state index in [1.54, 1.807) is 6.08 Å². The molecule has 1 N–H and O–H groups in total. The predicted octanol–water partition coefficient (Wildman–Crippen LogP) is 15.3. The molecule has 0 spiro atoms. The maximum absolute atomic E-state index is 6.76. The Morgan fingerprint density at radius 1 is 1.00 bits per heavy atom. The molecule has 0 bridgehead atoms. The van der Waals surface area contributed by atoms with E-state index >= 15 is 0 Å². The Morgan fingerprint density at radius 2 is 1.67 bits per heavy atom. The number of hydrogen-bond donors (Lipinski definition) is 1. The molecule has 3 nitrogen and oxygen atoms in total. The zero-order chi connectivity index (χ0) is 45.7. The highest BCUT2D eigenvalue weighted by Gasteiger charge is 2.45. The second-order valence-corrected chi connectivity index (χ2v) is 20.8. The number of furan rings is 1. The summed E-state index contributed by atoms with van der Waals surface area (Å²) in [6.45, 7) is 54.0. The van der Waals surface area contributed by atoms with Crippen molar-refractivity contribution in [3.05, 3.63) is 186 Å². The molecule has 0 fully saturated rings. The summed E-state index contributed by atoms with van der Waals surface area (Å²) in [6.07, 6.45) is 32.8. The van der Waals surface area contributed by atoms with Crippen LogP contribution in [0, 0.1) is 22.7 Å². The summed E-state index contributed by atoms with van der Waals surface area (Å²) in [5.41, 5.74) is 13.0. The van der Waals surface area contributed by atoms with E-state index in [-0.39, 0.29) is 34.3 Å². The molecule has 2 aliphatic carbocycles. The highest BCUT2D eigenvalue weighted by molar-refractivity contribution is 6.85. The average molecular weight is 819 g/mol. The number of rotatable bonds is 17. The van der Waals surface area contributed by atoms with Gasteiger partial charge >= 0.3 is 0 Å². The van der Waals surface area contributed by atoms with Gasteiger partial charge in [-0.25, -0.2) is 0 Å². The molecule has 1 atom stereocenters. The van der Waals surface area contributed by atoms with Crippen molar-refractivity contribution >= 4 is 12.2 Å². The summed E-state index contributed by atoms with van der Waals surface area (Å²) in [5.74, 6) is 4.28. The summed E-state index contributed by atoms with van der Waals surface area (Å²) in [6, 6.07) is 0. The van der Waals surface area contributed by atoms with Gasteiger partial charge in [0, 0.05) is 34.4 Å². The lowest BCUT2D eigenvalue weighted by molar-refractivity contribution is 0.278. The molecule has 1 unspecified atom stereocenters. The minimum Gasteiger partial charge on any atom is -0.469 e. The average Bonchev–Trinajstić information content (AvgIpc) is 3.67. The molecule has 0 amide bonds. The van der Waals surface area contributed by atoms with Gasteiger partial charge in [-0.05, 0) is 136 Å². The number of nitrogens with zero attached hydrogens (tertiary/aromatic N) is 1. The fourth-order valence-corrected chi connectivity index (χ4v) is 8.60. The first kappa shape index (κ1) is 49.0. The monoisotopic (exact) mass is 819 g/mol. The quantitative estimate of drug-likeness (QED) is 0.125. The van der Waals surface area contributed by atoms with Crippen molar-refractivity contribution in [3.63, 3.8) is 0 Å². The van der Waals surface area contributed by atoms with Gasteiger partial charge in [-0.2, -0.15) is 0 Å². The zero-order valence-electron chi connectivity index (χ0n) is 40.7. The first-order valence-corrected chi connectivity index (χ1v) is 22.7. The second-order valence-electron chi connectivity index (χ2n) is 20.8. The number of fused-ring (bicyclic) bond motifs is 1. The molecule has 1 aromatic heterocycles. The molecule has 1 aromatic rings. The van der Waals surface area contributed by atoms with Crippen molar-refractivity contribution in [2.75, 3.05) is 0 Å². The number of nitrogens with one attached hydrogen (secondary N) is 1. The molecule has 0 aromatic carbocycles. The van der Waals surface area contributed by atoms with Crippen LogP contribution in [0.15, 0.2) is 179 Å². The highest BCUT2D eigenvalue weighted by atomic mass is 16.3. The lowest BCUT2D eigenvalue weighted by Crippen LogP contribution is -2.45. The summed E-state index contributed by atoms with van der Waals surface area (Å²) < 4.78 is 6.76. The molecule has 326 valence electrons. The van der Waals surface area contributed by atoms with E-state index in [0.29, 0.717) is 5.92 Å². The topological polar surface area (TPSA) is 28.4 Å².